The molecule has 9 rings (SSSR count). The van der Waals surface area contributed by atoms with Crippen molar-refractivity contribution in [3.63, 3.8) is 0 Å². The van der Waals surface area contributed by atoms with Gasteiger partial charge in [0.1, 0.15) is 54.9 Å². The van der Waals surface area contributed by atoms with Crippen LogP contribution in [0, 0.1) is 56.2 Å². The normalized spacial score (nSPS) is 46.7. The van der Waals surface area contributed by atoms with Crippen molar-refractivity contribution in [2.45, 2.75) is 231 Å². The van der Waals surface area contributed by atoms with Crippen LogP contribution in [0.3, 0.4) is 0 Å². The molecular weight excluding hydrogens is 1120 g/mol. The molecule has 7 fully saturated rings. The third-order valence-electron chi connectivity index (χ3n) is 22.2. The number of aliphatic carboxylic acids is 1. The van der Waals surface area contributed by atoms with Crippen LogP contribution in [0.25, 0.3) is 0 Å². The number of aliphatic hydroxyl groups excluding tert-OH is 10. The van der Waals surface area contributed by atoms with Crippen molar-refractivity contribution in [1.82, 2.24) is 0 Å². The highest BCUT2D eigenvalue weighted by Crippen LogP contribution is 2.76. The number of allylic oxidation sites excluding steroid dienone is 1. The molecule has 27 atom stereocenters. The van der Waals surface area contributed by atoms with E-state index < -0.39 is 205 Å². The van der Waals surface area contributed by atoms with Gasteiger partial charge in [0.15, 0.2) is 43.3 Å². The molecule has 8 aliphatic rings. The van der Waals surface area contributed by atoms with E-state index in [2.05, 4.69) is 19.9 Å². The first-order valence-corrected chi connectivity index (χ1v) is 29.9. The smallest absolute Gasteiger partial charge is 0.338 e. The maximum absolute atomic E-state index is 14.0. The molecule has 24 heteroatoms. The number of carboxylic acid groups (broad SMARTS) is 1. The molecule has 0 spiro atoms. The van der Waals surface area contributed by atoms with Crippen LogP contribution in [0.4, 0.5) is 0 Å². The number of carboxylic acids is 1. The molecule has 24 nitrogen and oxygen atoms in total. The zero-order valence-corrected chi connectivity index (χ0v) is 50.0. The van der Waals surface area contributed by atoms with Gasteiger partial charge in [-0.3, -0.25) is 9.59 Å². The number of rotatable bonds is 16. The van der Waals surface area contributed by atoms with Crippen LogP contribution in [0.15, 0.2) is 42.0 Å². The van der Waals surface area contributed by atoms with Crippen LogP contribution in [-0.2, 0) is 57.0 Å². The summed E-state index contributed by atoms with van der Waals surface area (Å²) in [4.78, 5) is 54.4. The number of aliphatic hydroxyl groups is 10. The first kappa shape index (κ1) is 65.6. The van der Waals surface area contributed by atoms with Crippen molar-refractivity contribution in [3.05, 3.63) is 47.5 Å². The average Bonchev–Trinajstić information content (AvgIpc) is 0.931. The van der Waals surface area contributed by atoms with Crippen LogP contribution in [0.2, 0.25) is 0 Å². The maximum atomic E-state index is 14.0. The summed E-state index contributed by atoms with van der Waals surface area (Å²) in [6.45, 7) is 16.4. The van der Waals surface area contributed by atoms with E-state index in [1.54, 1.807) is 37.3 Å². The van der Waals surface area contributed by atoms with E-state index in [1.807, 2.05) is 41.5 Å². The predicted molar refractivity (Wildman–Crippen MR) is 293 cm³/mol. The van der Waals surface area contributed by atoms with Gasteiger partial charge in [-0.15, -0.1) is 0 Å². The molecule has 3 saturated heterocycles. The van der Waals surface area contributed by atoms with Crippen LogP contribution >= 0.6 is 0 Å². The first-order chi connectivity index (χ1) is 39.8. The molecule has 0 radical (unpaired) electrons. The highest BCUT2D eigenvalue weighted by Gasteiger charge is 2.76. The molecular formula is C61H90O24. The second kappa shape index (κ2) is 24.2. The Bertz CT molecular complexity index is 2620. The van der Waals surface area contributed by atoms with Crippen molar-refractivity contribution in [3.8, 4) is 0 Å². The van der Waals surface area contributed by atoms with E-state index in [0.717, 1.165) is 12.5 Å². The molecule has 5 aliphatic carbocycles. The summed E-state index contributed by atoms with van der Waals surface area (Å²) in [5, 5.41) is 123. The lowest BCUT2D eigenvalue weighted by Gasteiger charge is -2.73. The summed E-state index contributed by atoms with van der Waals surface area (Å²) < 4.78 is 55.4. The van der Waals surface area contributed by atoms with Crippen molar-refractivity contribution < 1.29 is 118 Å². The third kappa shape index (κ3) is 10.7. The molecule has 0 bridgehead atoms. The minimum atomic E-state index is -2.09. The highest BCUT2D eigenvalue weighted by atomic mass is 16.8. The second-order valence-electron chi connectivity index (χ2n) is 27.4. The maximum Gasteiger partial charge on any atom is 0.338 e. The Morgan fingerprint density at radius 2 is 1.27 bits per heavy atom. The van der Waals surface area contributed by atoms with E-state index in [9.17, 15) is 75.3 Å². The molecule has 0 aromatic heterocycles. The Morgan fingerprint density at radius 1 is 0.671 bits per heavy atom. The van der Waals surface area contributed by atoms with Gasteiger partial charge in [0.25, 0.3) is 0 Å². The van der Waals surface area contributed by atoms with Crippen molar-refractivity contribution >= 4 is 23.9 Å². The van der Waals surface area contributed by atoms with Crippen LogP contribution in [-0.4, -0.2) is 216 Å². The lowest BCUT2D eigenvalue weighted by atomic mass is 9.32. The standard InChI is InChI=1S/C61H90O24/c1-11-27(2)51(75)85-49-48(84-52(76)29-15-13-12-14-16-29)56(4,5)23-31-30-17-18-35-58(8)21-20-36(57(6,7)34(58)19-22-59(35,9)60(30,10)46(71)47(72)61(31,49)26-64)80-55-45(83-54-41(70)39(68)37(66)32(24-62)78-54)43(77-28(3)65)42(44(82-55)50(73)74)81-53-40(69)38(67)33(25-63)79-53/h12-17,27,31-49,53-55,62-64,66-72H,11,18-26H2,1-10H3,(H,73,74). The lowest BCUT2D eigenvalue weighted by molar-refractivity contribution is -0.383. The van der Waals surface area contributed by atoms with Gasteiger partial charge in [-0.1, -0.05) is 92.2 Å². The molecule has 478 valence electrons. The van der Waals surface area contributed by atoms with E-state index in [1.165, 1.54) is 0 Å². The van der Waals surface area contributed by atoms with Crippen LogP contribution < -0.4 is 0 Å². The fourth-order valence-electron chi connectivity index (χ4n) is 17.0. The summed E-state index contributed by atoms with van der Waals surface area (Å²) >= 11 is 0. The Balaban J connectivity index is 1.05. The third-order valence-corrected chi connectivity index (χ3v) is 22.2. The quantitative estimate of drug-likeness (QED) is 0.0480. The molecule has 1 aromatic carbocycles. The van der Waals surface area contributed by atoms with Gasteiger partial charge in [-0.25, -0.2) is 9.59 Å². The molecule has 11 N–H and O–H groups in total. The zero-order chi connectivity index (χ0) is 62.4. The lowest BCUT2D eigenvalue weighted by Crippen LogP contribution is -2.76. The number of benzene rings is 1. The van der Waals surface area contributed by atoms with Gasteiger partial charge < -0.3 is 98.8 Å². The number of hydrogen-bond donors (Lipinski definition) is 11. The van der Waals surface area contributed by atoms with Crippen LogP contribution in [0.5, 0.6) is 0 Å². The minimum Gasteiger partial charge on any atom is -0.479 e. The molecule has 27 unspecified atom stereocenters. The largest absolute Gasteiger partial charge is 0.479 e. The van der Waals surface area contributed by atoms with Gasteiger partial charge in [0.2, 0.25) is 0 Å². The average molecular weight is 1210 g/mol. The SMILES string of the molecule is CCC(C)C(=O)OC1C(OC(=O)c2ccccc2)C(C)(C)CC2C3=CCC4C5(C)CCC(OC6OC(C(=O)O)C(OC7OC(CO)C(O)C7O)C(OC(C)=O)C6OC6OC(CO)C(O)C(O)C6O)C(C)(C)C5CCC4(C)C3(C)C(O)C(O)C21CO. The summed E-state index contributed by atoms with van der Waals surface area (Å²) in [7, 11) is 0. The summed E-state index contributed by atoms with van der Waals surface area (Å²) in [5.41, 5.74) is -4.80. The topological polar surface area (TPSA) is 374 Å². The van der Waals surface area contributed by atoms with E-state index >= 15 is 0 Å². The molecule has 1 aromatic rings. The van der Waals surface area contributed by atoms with Crippen LogP contribution in [0.1, 0.15) is 125 Å². The number of esters is 3. The second-order valence-corrected chi connectivity index (χ2v) is 27.4. The molecule has 0 amide bonds. The Labute approximate surface area is 494 Å². The predicted octanol–water partition coefficient (Wildman–Crippen LogP) is 1.26. The fraction of sp³-hybridized carbons (Fsp3) is 0.803. The van der Waals surface area contributed by atoms with Gasteiger partial charge in [0.05, 0.1) is 55.0 Å². The number of carbonyl (C=O) groups excluding carboxylic acids is 3. The van der Waals surface area contributed by atoms with Gasteiger partial charge in [-0.2, -0.15) is 0 Å². The van der Waals surface area contributed by atoms with E-state index in [0.29, 0.717) is 38.5 Å². The number of ether oxygens (including phenoxy) is 9. The Kier molecular flexibility index (Phi) is 18.7. The van der Waals surface area contributed by atoms with Crippen molar-refractivity contribution in [2.75, 3.05) is 19.8 Å². The Morgan fingerprint density at radius 3 is 1.85 bits per heavy atom. The molecule has 3 aliphatic heterocycles. The van der Waals surface area contributed by atoms with Gasteiger partial charge in [-0.05, 0) is 91.1 Å². The highest BCUT2D eigenvalue weighted by molar-refractivity contribution is 5.89. The number of carbonyl (C=O) groups is 4. The zero-order valence-electron chi connectivity index (χ0n) is 50.0. The number of fused-ring (bicyclic) bond motifs is 7. The fourth-order valence-corrected chi connectivity index (χ4v) is 17.0. The minimum absolute atomic E-state index is 0.167. The first-order valence-electron chi connectivity index (χ1n) is 29.9. The van der Waals surface area contributed by atoms with Crippen molar-refractivity contribution in [1.29, 1.82) is 0 Å². The van der Waals surface area contributed by atoms with E-state index in [-0.39, 0.29) is 23.8 Å². The molecule has 3 heterocycles. The number of hydrogen-bond acceptors (Lipinski definition) is 23. The monoisotopic (exact) mass is 1210 g/mol. The summed E-state index contributed by atoms with van der Waals surface area (Å²) in [6, 6.07) is 8.37. The molecule has 85 heavy (non-hydrogen) atoms. The molecule has 4 saturated carbocycles. The summed E-state index contributed by atoms with van der Waals surface area (Å²) in [6.07, 6.45) is -26.9. The van der Waals surface area contributed by atoms with Gasteiger partial charge in [0, 0.05) is 17.8 Å². The van der Waals surface area contributed by atoms with Gasteiger partial charge >= 0.3 is 23.9 Å². The Hall–Kier alpha value is -3.80. The van der Waals surface area contributed by atoms with Crippen molar-refractivity contribution in [2.24, 2.45) is 56.2 Å². The van der Waals surface area contributed by atoms with E-state index in [4.69, 9.17) is 42.6 Å². The summed E-state index contributed by atoms with van der Waals surface area (Å²) in [5.74, 6) is -5.54.